The topological polar surface area (TPSA) is 29.1 Å². The van der Waals surface area contributed by atoms with Gasteiger partial charge in [-0.3, -0.25) is 4.79 Å². The second-order valence-electron chi connectivity index (χ2n) is 5.27. The van der Waals surface area contributed by atoms with Crippen LogP contribution in [0.5, 0.6) is 0 Å². The molecule has 0 aliphatic carbocycles. The molecular weight excluding hydrogens is 385 g/mol. The van der Waals surface area contributed by atoms with E-state index in [1.165, 1.54) is 5.56 Å². The summed E-state index contributed by atoms with van der Waals surface area (Å²) < 4.78 is 0. The lowest BCUT2D eigenvalue weighted by Gasteiger charge is -2.07. The number of hydrogen-bond acceptors (Lipinski definition) is 2. The van der Waals surface area contributed by atoms with E-state index >= 15 is 0 Å². The average molecular weight is 403 g/mol. The van der Waals surface area contributed by atoms with Crippen molar-refractivity contribution in [3.05, 3.63) is 68.7 Å². The summed E-state index contributed by atoms with van der Waals surface area (Å²) in [4.78, 5) is 11.9. The standard InChI is InChI=1S/C18H18Cl3NOS/c19-15-3-1-2-13(10-15)12-24-9-8-22-18(23)7-5-14-4-6-16(20)11-17(14)21/h1-4,6,10-11H,5,7-9,12H2,(H,22,23). The molecular formula is C18H18Cl3NOS. The van der Waals surface area contributed by atoms with E-state index in [0.717, 1.165) is 22.1 Å². The Bertz CT molecular complexity index is 694. The molecule has 0 aliphatic rings. The van der Waals surface area contributed by atoms with Gasteiger partial charge in [-0.15, -0.1) is 0 Å². The van der Waals surface area contributed by atoms with Gasteiger partial charge in [0.1, 0.15) is 0 Å². The van der Waals surface area contributed by atoms with Gasteiger partial charge in [-0.25, -0.2) is 0 Å². The molecule has 0 heterocycles. The van der Waals surface area contributed by atoms with Crippen LogP contribution in [0.15, 0.2) is 42.5 Å². The quantitative estimate of drug-likeness (QED) is 0.580. The largest absolute Gasteiger partial charge is 0.355 e. The number of amides is 1. The van der Waals surface area contributed by atoms with E-state index < -0.39 is 0 Å². The van der Waals surface area contributed by atoms with E-state index in [0.29, 0.717) is 29.4 Å². The fraction of sp³-hybridized carbons (Fsp3) is 0.278. The normalized spacial score (nSPS) is 10.6. The molecule has 0 saturated heterocycles. The van der Waals surface area contributed by atoms with E-state index in [1.807, 2.05) is 30.3 Å². The second-order valence-corrected chi connectivity index (χ2v) is 7.65. The van der Waals surface area contributed by atoms with Crippen LogP contribution in [0.3, 0.4) is 0 Å². The summed E-state index contributed by atoms with van der Waals surface area (Å²) in [5.74, 6) is 1.78. The molecule has 0 aromatic heterocycles. The van der Waals surface area contributed by atoms with Gasteiger partial charge < -0.3 is 5.32 Å². The predicted molar refractivity (Wildman–Crippen MR) is 105 cm³/mol. The first-order valence-electron chi connectivity index (χ1n) is 7.57. The molecule has 1 amide bonds. The number of halogens is 3. The van der Waals surface area contributed by atoms with Crippen LogP contribution in [0.4, 0.5) is 0 Å². The summed E-state index contributed by atoms with van der Waals surface area (Å²) in [7, 11) is 0. The number of carbonyl (C=O) groups excluding carboxylic acids is 1. The molecule has 2 aromatic carbocycles. The molecule has 1 N–H and O–H groups in total. The Balaban J connectivity index is 1.61. The van der Waals surface area contributed by atoms with Gasteiger partial charge in [0, 0.05) is 39.5 Å². The van der Waals surface area contributed by atoms with E-state index in [9.17, 15) is 4.79 Å². The minimum Gasteiger partial charge on any atom is -0.355 e. The Morgan fingerprint density at radius 2 is 1.83 bits per heavy atom. The molecule has 6 heteroatoms. The van der Waals surface area contributed by atoms with Crippen molar-refractivity contribution in [2.75, 3.05) is 12.3 Å². The van der Waals surface area contributed by atoms with Crippen molar-refractivity contribution in [3.63, 3.8) is 0 Å². The van der Waals surface area contributed by atoms with Crippen molar-refractivity contribution >= 4 is 52.5 Å². The van der Waals surface area contributed by atoms with Crippen molar-refractivity contribution in [1.82, 2.24) is 5.32 Å². The number of nitrogens with one attached hydrogen (secondary N) is 1. The maximum Gasteiger partial charge on any atom is 0.220 e. The Labute approximate surface area is 161 Å². The highest BCUT2D eigenvalue weighted by Gasteiger charge is 2.05. The van der Waals surface area contributed by atoms with E-state index in [-0.39, 0.29) is 5.91 Å². The molecule has 0 bridgehead atoms. The van der Waals surface area contributed by atoms with Crippen LogP contribution in [0.25, 0.3) is 0 Å². The summed E-state index contributed by atoms with van der Waals surface area (Å²) in [5.41, 5.74) is 2.13. The number of rotatable bonds is 8. The van der Waals surface area contributed by atoms with Gasteiger partial charge in [0.25, 0.3) is 0 Å². The molecule has 24 heavy (non-hydrogen) atoms. The third kappa shape index (κ3) is 6.94. The first kappa shape index (κ1) is 19.5. The SMILES string of the molecule is O=C(CCc1ccc(Cl)cc1Cl)NCCSCc1cccc(Cl)c1. The smallest absolute Gasteiger partial charge is 0.220 e. The fourth-order valence-corrected chi connectivity index (χ4v) is 3.66. The average Bonchev–Trinajstić information content (AvgIpc) is 2.54. The number of benzene rings is 2. The van der Waals surface area contributed by atoms with Crippen molar-refractivity contribution < 1.29 is 4.79 Å². The number of hydrogen-bond donors (Lipinski definition) is 1. The van der Waals surface area contributed by atoms with Crippen LogP contribution in [0.2, 0.25) is 15.1 Å². The highest BCUT2D eigenvalue weighted by Crippen LogP contribution is 2.22. The van der Waals surface area contributed by atoms with Crippen molar-refractivity contribution in [3.8, 4) is 0 Å². The third-order valence-electron chi connectivity index (χ3n) is 3.36. The van der Waals surface area contributed by atoms with E-state index in [1.54, 1.807) is 23.9 Å². The van der Waals surface area contributed by atoms with Crippen LogP contribution in [0, 0.1) is 0 Å². The number of aryl methyl sites for hydroxylation is 1. The zero-order valence-electron chi connectivity index (χ0n) is 13.0. The summed E-state index contributed by atoms with van der Waals surface area (Å²) in [6, 6.07) is 13.2. The molecule has 0 fully saturated rings. The van der Waals surface area contributed by atoms with Gasteiger partial charge >= 0.3 is 0 Å². The lowest BCUT2D eigenvalue weighted by molar-refractivity contribution is -0.120. The van der Waals surface area contributed by atoms with Gasteiger partial charge in [0.2, 0.25) is 5.91 Å². The monoisotopic (exact) mass is 401 g/mol. The van der Waals surface area contributed by atoms with Crippen LogP contribution < -0.4 is 5.32 Å². The molecule has 2 nitrogen and oxygen atoms in total. The van der Waals surface area contributed by atoms with Gasteiger partial charge in [-0.05, 0) is 41.8 Å². The van der Waals surface area contributed by atoms with Crippen LogP contribution in [0.1, 0.15) is 17.5 Å². The molecule has 0 spiro atoms. The molecule has 0 atom stereocenters. The minimum absolute atomic E-state index is 0.0318. The Morgan fingerprint density at radius 1 is 1.04 bits per heavy atom. The highest BCUT2D eigenvalue weighted by atomic mass is 35.5. The number of carbonyl (C=O) groups is 1. The molecule has 0 saturated carbocycles. The summed E-state index contributed by atoms with van der Waals surface area (Å²) in [6.07, 6.45) is 1.03. The second kappa shape index (κ2) is 10.2. The minimum atomic E-state index is 0.0318. The molecule has 2 aromatic rings. The molecule has 2 rings (SSSR count). The van der Waals surface area contributed by atoms with Crippen LogP contribution >= 0.6 is 46.6 Å². The lowest BCUT2D eigenvalue weighted by Crippen LogP contribution is -2.25. The van der Waals surface area contributed by atoms with E-state index in [4.69, 9.17) is 34.8 Å². The van der Waals surface area contributed by atoms with E-state index in [2.05, 4.69) is 5.32 Å². The first-order chi connectivity index (χ1) is 11.5. The van der Waals surface area contributed by atoms with Gasteiger partial charge in [0.05, 0.1) is 0 Å². The van der Waals surface area contributed by atoms with Crippen molar-refractivity contribution in [2.24, 2.45) is 0 Å². The zero-order chi connectivity index (χ0) is 17.4. The Kier molecular flexibility index (Phi) is 8.26. The summed E-state index contributed by atoms with van der Waals surface area (Å²) in [6.45, 7) is 0.651. The Hall–Kier alpha value is -0.870. The van der Waals surface area contributed by atoms with Crippen LogP contribution in [-0.4, -0.2) is 18.2 Å². The maximum absolute atomic E-state index is 11.9. The highest BCUT2D eigenvalue weighted by molar-refractivity contribution is 7.98. The van der Waals surface area contributed by atoms with Gasteiger partial charge in [0.15, 0.2) is 0 Å². The molecule has 0 unspecified atom stereocenters. The van der Waals surface area contributed by atoms with Crippen molar-refractivity contribution in [2.45, 2.75) is 18.6 Å². The lowest BCUT2D eigenvalue weighted by atomic mass is 10.1. The van der Waals surface area contributed by atoms with Crippen LogP contribution in [-0.2, 0) is 17.0 Å². The predicted octanol–water partition coefficient (Wildman–Crippen LogP) is 5.63. The summed E-state index contributed by atoms with van der Waals surface area (Å²) in [5, 5.41) is 4.88. The molecule has 0 aliphatic heterocycles. The first-order valence-corrected chi connectivity index (χ1v) is 9.86. The zero-order valence-corrected chi connectivity index (χ0v) is 16.1. The fourth-order valence-electron chi connectivity index (χ4n) is 2.14. The van der Waals surface area contributed by atoms with Crippen molar-refractivity contribution in [1.29, 1.82) is 0 Å². The third-order valence-corrected chi connectivity index (χ3v) is 5.22. The Morgan fingerprint density at radius 3 is 2.58 bits per heavy atom. The molecule has 0 radical (unpaired) electrons. The van der Waals surface area contributed by atoms with Gasteiger partial charge in [-0.2, -0.15) is 11.8 Å². The maximum atomic E-state index is 11.9. The van der Waals surface area contributed by atoms with Gasteiger partial charge in [-0.1, -0.05) is 53.0 Å². The number of thioether (sulfide) groups is 1. The molecule has 128 valence electrons. The summed E-state index contributed by atoms with van der Waals surface area (Å²) >= 11 is 19.7.